The van der Waals surface area contributed by atoms with Gasteiger partial charge in [0, 0.05) is 13.8 Å². The van der Waals surface area contributed by atoms with Gasteiger partial charge in [0.15, 0.2) is 37.4 Å². The van der Waals surface area contributed by atoms with E-state index in [1.807, 2.05) is 0 Å². The second kappa shape index (κ2) is 19.6. The molecule has 4 heterocycles. The maximum atomic E-state index is 12.5. The maximum absolute atomic E-state index is 12.5. The third-order valence-corrected chi connectivity index (χ3v) is 8.94. The summed E-state index contributed by atoms with van der Waals surface area (Å²) >= 11 is 0. The predicted molar refractivity (Wildman–Crippen MR) is 165 cm³/mol. The zero-order valence-electron chi connectivity index (χ0n) is 27.8. The summed E-state index contributed by atoms with van der Waals surface area (Å²) in [5, 5.41) is 129. The van der Waals surface area contributed by atoms with Crippen LogP contribution >= 0.6 is 0 Å². The van der Waals surface area contributed by atoms with Crippen molar-refractivity contribution < 1.29 is 114 Å². The molecule has 4 fully saturated rings. The quantitative estimate of drug-likeness (QED) is 0.0815. The van der Waals surface area contributed by atoms with Crippen molar-refractivity contribution in [3.05, 3.63) is 0 Å². The SMILES string of the molecule is CC(=O)NC1C(O)OC(CO)C(O)C1OC1OC(C(=O)O)C(OC2OC(CO)C(O)C(OC3OC(C(=O)O)C(O)C(O)C3O)C2NC(C)=O)C(O)C1O.[NaH]. The van der Waals surface area contributed by atoms with Crippen LogP contribution in [0, 0.1) is 0 Å². The number of carboxylic acid groups (broad SMARTS) is 2. The van der Waals surface area contributed by atoms with Crippen molar-refractivity contribution in [2.45, 2.75) is 137 Å². The summed E-state index contributed by atoms with van der Waals surface area (Å²) in [5.41, 5.74) is 0. The number of carbonyl (C=O) groups excluding carboxylic acids is 2. The van der Waals surface area contributed by atoms with Gasteiger partial charge in [-0.1, -0.05) is 0 Å². The molecule has 4 aliphatic heterocycles. The number of carboxylic acids is 2. The molecule has 25 nitrogen and oxygen atoms in total. The molecule has 0 aromatic heterocycles. The Bertz CT molecular complexity index is 1300. The summed E-state index contributed by atoms with van der Waals surface area (Å²) in [6.45, 7) is 0.116. The molecular weight excluding hydrogens is 755 g/mol. The number of nitrogens with one attached hydrogen (secondary N) is 2. The van der Waals surface area contributed by atoms with Crippen LogP contribution < -0.4 is 10.6 Å². The Labute approximate surface area is 326 Å². The van der Waals surface area contributed by atoms with Crippen LogP contribution in [0.4, 0.5) is 0 Å². The molecule has 26 heteroatoms. The van der Waals surface area contributed by atoms with E-state index in [2.05, 4.69) is 10.6 Å². The van der Waals surface area contributed by atoms with E-state index in [0.29, 0.717) is 0 Å². The van der Waals surface area contributed by atoms with Crippen LogP contribution in [0.3, 0.4) is 0 Å². The number of hydrogen-bond donors (Lipinski definition) is 14. The van der Waals surface area contributed by atoms with Gasteiger partial charge in [-0.3, -0.25) is 9.59 Å². The Morgan fingerprint density at radius 3 is 1.43 bits per heavy atom. The minimum atomic E-state index is -2.30. The third-order valence-electron chi connectivity index (χ3n) is 8.94. The first-order valence-corrected chi connectivity index (χ1v) is 16.1. The van der Waals surface area contributed by atoms with Crippen LogP contribution in [0.1, 0.15) is 13.8 Å². The van der Waals surface area contributed by atoms with Gasteiger partial charge < -0.3 is 105 Å². The normalized spacial score (nSPS) is 45.4. The summed E-state index contributed by atoms with van der Waals surface area (Å²) in [7, 11) is 0. The van der Waals surface area contributed by atoms with Gasteiger partial charge in [0.2, 0.25) is 11.8 Å². The summed E-state index contributed by atoms with van der Waals surface area (Å²) in [5.74, 6) is -5.28. The summed E-state index contributed by atoms with van der Waals surface area (Å²) in [6, 6.07) is -3.38. The first-order valence-electron chi connectivity index (χ1n) is 16.1. The molecule has 0 bridgehead atoms. The van der Waals surface area contributed by atoms with Gasteiger partial charge in [0.05, 0.1) is 13.2 Å². The van der Waals surface area contributed by atoms with Gasteiger partial charge in [0.25, 0.3) is 0 Å². The monoisotopic (exact) mass is 800 g/mol. The van der Waals surface area contributed by atoms with Crippen LogP contribution in [0.25, 0.3) is 0 Å². The Hall–Kier alpha value is -1.80. The molecule has 0 aliphatic carbocycles. The number of carbonyl (C=O) groups is 4. The van der Waals surface area contributed by atoms with E-state index in [0.717, 1.165) is 13.8 Å². The van der Waals surface area contributed by atoms with Crippen LogP contribution in [0.2, 0.25) is 0 Å². The molecule has 4 aliphatic rings. The number of aliphatic hydroxyl groups excluding tert-OH is 10. The predicted octanol–water partition coefficient (Wildman–Crippen LogP) is -9.93. The molecule has 20 unspecified atom stereocenters. The second-order valence-corrected chi connectivity index (χ2v) is 12.7. The Balaban J connectivity index is 0.00000784. The zero-order chi connectivity index (χ0) is 39.6. The summed E-state index contributed by atoms with van der Waals surface area (Å²) in [6.07, 6.45) is -36.5. The second-order valence-electron chi connectivity index (χ2n) is 12.7. The fraction of sp³-hybridized carbons (Fsp3) is 0.857. The van der Waals surface area contributed by atoms with E-state index in [9.17, 15) is 80.5 Å². The van der Waals surface area contributed by atoms with Crippen molar-refractivity contribution in [1.29, 1.82) is 0 Å². The van der Waals surface area contributed by atoms with E-state index < -0.39 is 160 Å². The summed E-state index contributed by atoms with van der Waals surface area (Å²) < 4.78 is 38.0. The minimum absolute atomic E-state index is 0. The molecule has 0 radical (unpaired) electrons. The van der Waals surface area contributed by atoms with Gasteiger partial charge in [-0.25, -0.2) is 9.59 Å². The molecule has 306 valence electrons. The number of aliphatic carboxylic acids is 2. The van der Waals surface area contributed by atoms with Crippen molar-refractivity contribution in [2.75, 3.05) is 13.2 Å². The first-order chi connectivity index (χ1) is 24.8. The van der Waals surface area contributed by atoms with Crippen molar-refractivity contribution >= 4 is 53.3 Å². The van der Waals surface area contributed by atoms with Crippen LogP contribution in [-0.2, 0) is 52.3 Å². The molecule has 0 spiro atoms. The molecular formula is C28H45N2NaO23. The standard InChI is InChI=1S/C28H44N2O23.Na.H/c1-5(33)29-9-18(11(35)7(3-31)47-25(9)46)49-28-17(41)15(39)20(22(53-28)24(44)45)51-26-10(30-6(2)34)19(12(36)8(4-32)48-26)50-27-16(40)13(37)14(38)21(52-27)23(42)43;;/h7-22,25-28,31-32,35-41,46H,3-4H2,1-2H3,(H,29,33)(H,30,34)(H,42,43)(H,44,45);;. The van der Waals surface area contributed by atoms with Gasteiger partial charge in [-0.15, -0.1) is 0 Å². The molecule has 2 amide bonds. The van der Waals surface area contributed by atoms with E-state index >= 15 is 0 Å². The molecule has 4 rings (SSSR count). The van der Waals surface area contributed by atoms with Crippen molar-refractivity contribution in [2.24, 2.45) is 0 Å². The molecule has 0 aromatic rings. The van der Waals surface area contributed by atoms with E-state index in [1.54, 1.807) is 0 Å². The van der Waals surface area contributed by atoms with Crippen LogP contribution in [0.5, 0.6) is 0 Å². The van der Waals surface area contributed by atoms with Gasteiger partial charge in [-0.2, -0.15) is 0 Å². The topological polar surface area (TPSA) is 400 Å². The Morgan fingerprint density at radius 1 is 0.519 bits per heavy atom. The molecule has 0 aromatic carbocycles. The molecule has 0 saturated carbocycles. The van der Waals surface area contributed by atoms with Crippen LogP contribution in [0.15, 0.2) is 0 Å². The fourth-order valence-electron chi connectivity index (χ4n) is 6.30. The average molecular weight is 801 g/mol. The van der Waals surface area contributed by atoms with Crippen molar-refractivity contribution in [1.82, 2.24) is 10.6 Å². The molecule has 20 atom stereocenters. The molecule has 4 saturated heterocycles. The Morgan fingerprint density at radius 2 is 0.944 bits per heavy atom. The average Bonchev–Trinajstić information content (AvgIpc) is 3.08. The van der Waals surface area contributed by atoms with E-state index in [1.165, 1.54) is 0 Å². The van der Waals surface area contributed by atoms with Crippen molar-refractivity contribution in [3.8, 4) is 0 Å². The number of aliphatic hydroxyl groups is 10. The number of rotatable bonds is 12. The first kappa shape index (κ1) is 46.6. The van der Waals surface area contributed by atoms with Crippen LogP contribution in [-0.4, -0.2) is 251 Å². The molecule has 14 N–H and O–H groups in total. The number of hydrogen-bond acceptors (Lipinski definition) is 21. The van der Waals surface area contributed by atoms with Gasteiger partial charge in [-0.05, 0) is 0 Å². The number of amides is 2. The van der Waals surface area contributed by atoms with Gasteiger partial charge >= 0.3 is 41.5 Å². The van der Waals surface area contributed by atoms with Gasteiger partial charge in [0.1, 0.15) is 85.3 Å². The molecule has 54 heavy (non-hydrogen) atoms. The van der Waals surface area contributed by atoms with E-state index in [4.69, 9.17) is 33.2 Å². The zero-order valence-corrected chi connectivity index (χ0v) is 27.8. The summed E-state index contributed by atoms with van der Waals surface area (Å²) in [4.78, 5) is 48.2. The fourth-order valence-corrected chi connectivity index (χ4v) is 6.30. The number of ether oxygens (including phenoxy) is 7. The van der Waals surface area contributed by atoms with Crippen molar-refractivity contribution in [3.63, 3.8) is 0 Å². The third kappa shape index (κ3) is 10.0. The van der Waals surface area contributed by atoms with E-state index in [-0.39, 0.29) is 29.6 Å². The Kier molecular flexibility index (Phi) is 16.9.